The number of hydrogen-bond acceptors (Lipinski definition) is 3. The molecule has 1 fully saturated rings. The second kappa shape index (κ2) is 6.32. The van der Waals surface area contributed by atoms with Crippen molar-refractivity contribution in [1.29, 1.82) is 0 Å². The first kappa shape index (κ1) is 18.1. The molecule has 5 nitrogen and oxygen atoms in total. The molecule has 1 saturated heterocycles. The molecule has 3 atom stereocenters. The van der Waals surface area contributed by atoms with E-state index in [4.69, 9.17) is 16.3 Å². The molecular formula is C14H19ClF3N3O2. The molecule has 0 radical (unpaired) electrons. The Kier molecular flexibility index (Phi) is 4.96. The Balaban J connectivity index is 2.26. The molecule has 0 unspecified atom stereocenters. The Morgan fingerprint density at radius 1 is 1.35 bits per heavy atom. The lowest BCUT2D eigenvalue weighted by Crippen LogP contribution is -2.50. The molecule has 0 bridgehead atoms. The molecule has 0 saturated carbocycles. The number of nitrogens with zero attached hydrogens (tertiary/aromatic N) is 3. The van der Waals surface area contributed by atoms with E-state index in [1.807, 2.05) is 13.8 Å². The van der Waals surface area contributed by atoms with E-state index in [0.717, 1.165) is 4.68 Å². The minimum Gasteiger partial charge on any atom is -0.372 e. The van der Waals surface area contributed by atoms with Crippen molar-refractivity contribution >= 4 is 17.5 Å². The van der Waals surface area contributed by atoms with E-state index in [2.05, 4.69) is 5.10 Å². The van der Waals surface area contributed by atoms with Crippen molar-refractivity contribution in [3.63, 3.8) is 0 Å². The van der Waals surface area contributed by atoms with E-state index in [0.29, 0.717) is 13.1 Å². The first-order valence-electron chi connectivity index (χ1n) is 7.28. The second-order valence-corrected chi connectivity index (χ2v) is 6.24. The van der Waals surface area contributed by atoms with Gasteiger partial charge in [-0.15, -0.1) is 0 Å². The SMILES string of the molecule is Cc1c(Cl)c(C(F)(F)F)nn1[C@@H](C)C(=O)N1C[C@@H](C)O[C@H](C)C1. The van der Waals surface area contributed by atoms with Crippen LogP contribution < -0.4 is 0 Å². The lowest BCUT2D eigenvalue weighted by molar-refractivity contribution is -0.147. The maximum absolute atomic E-state index is 12.9. The lowest BCUT2D eigenvalue weighted by Gasteiger charge is -2.36. The Morgan fingerprint density at radius 2 is 1.87 bits per heavy atom. The number of rotatable bonds is 2. The Bertz CT molecular complexity index is 593. The van der Waals surface area contributed by atoms with Crippen LogP contribution in [0.4, 0.5) is 13.2 Å². The molecule has 0 spiro atoms. The molecule has 1 aliphatic rings. The number of carbonyl (C=O) groups is 1. The number of amides is 1. The Hall–Kier alpha value is -1.28. The summed E-state index contributed by atoms with van der Waals surface area (Å²) in [6, 6.07) is -0.874. The summed E-state index contributed by atoms with van der Waals surface area (Å²) in [5.41, 5.74) is -1.05. The third kappa shape index (κ3) is 3.63. The predicted octanol–water partition coefficient (Wildman–Crippen LogP) is 3.06. The summed E-state index contributed by atoms with van der Waals surface area (Å²) in [5.74, 6) is -0.303. The van der Waals surface area contributed by atoms with Crippen LogP contribution in [0, 0.1) is 6.92 Å². The minimum absolute atomic E-state index is 0.120. The van der Waals surface area contributed by atoms with Gasteiger partial charge in [-0.2, -0.15) is 18.3 Å². The van der Waals surface area contributed by atoms with E-state index >= 15 is 0 Å². The number of morpholine rings is 1. The number of alkyl halides is 3. The maximum Gasteiger partial charge on any atom is 0.436 e. The molecule has 1 amide bonds. The molecule has 1 aliphatic heterocycles. The lowest BCUT2D eigenvalue weighted by atomic mass is 10.2. The Morgan fingerprint density at radius 3 is 2.30 bits per heavy atom. The van der Waals surface area contributed by atoms with Crippen LogP contribution in [0.5, 0.6) is 0 Å². The fraction of sp³-hybridized carbons (Fsp3) is 0.714. The molecular weight excluding hydrogens is 335 g/mol. The number of carbonyl (C=O) groups excluding carboxylic acids is 1. The number of hydrogen-bond donors (Lipinski definition) is 0. The van der Waals surface area contributed by atoms with Crippen LogP contribution in [0.3, 0.4) is 0 Å². The van der Waals surface area contributed by atoms with Gasteiger partial charge in [-0.25, -0.2) is 0 Å². The van der Waals surface area contributed by atoms with Gasteiger partial charge >= 0.3 is 6.18 Å². The van der Waals surface area contributed by atoms with Gasteiger partial charge in [-0.05, 0) is 27.7 Å². The van der Waals surface area contributed by atoms with E-state index in [1.165, 1.54) is 13.8 Å². The van der Waals surface area contributed by atoms with E-state index < -0.39 is 22.9 Å². The molecule has 1 aromatic rings. The van der Waals surface area contributed by atoms with Gasteiger partial charge in [0, 0.05) is 13.1 Å². The van der Waals surface area contributed by atoms with Gasteiger partial charge in [-0.3, -0.25) is 9.48 Å². The third-order valence-electron chi connectivity index (χ3n) is 3.80. The van der Waals surface area contributed by atoms with Crippen molar-refractivity contribution in [2.75, 3.05) is 13.1 Å². The molecule has 2 rings (SSSR count). The van der Waals surface area contributed by atoms with Gasteiger partial charge in [0.1, 0.15) is 6.04 Å². The van der Waals surface area contributed by atoms with Crippen molar-refractivity contribution in [3.05, 3.63) is 16.4 Å². The van der Waals surface area contributed by atoms with Crippen molar-refractivity contribution in [1.82, 2.24) is 14.7 Å². The highest BCUT2D eigenvalue weighted by Gasteiger charge is 2.40. The molecule has 130 valence electrons. The van der Waals surface area contributed by atoms with Crippen LogP contribution in [-0.2, 0) is 15.7 Å². The number of aromatic nitrogens is 2. The van der Waals surface area contributed by atoms with Crippen LogP contribution in [0.15, 0.2) is 0 Å². The maximum atomic E-state index is 12.9. The minimum atomic E-state index is -4.65. The van der Waals surface area contributed by atoms with Gasteiger partial charge in [0.25, 0.3) is 0 Å². The highest BCUT2D eigenvalue weighted by molar-refractivity contribution is 6.32. The molecule has 0 N–H and O–H groups in total. The first-order chi connectivity index (χ1) is 10.5. The van der Waals surface area contributed by atoms with Crippen LogP contribution in [0.2, 0.25) is 5.02 Å². The molecule has 23 heavy (non-hydrogen) atoms. The van der Waals surface area contributed by atoms with E-state index in [9.17, 15) is 18.0 Å². The highest BCUT2D eigenvalue weighted by Crippen LogP contribution is 2.36. The predicted molar refractivity (Wildman–Crippen MR) is 78.3 cm³/mol. The van der Waals surface area contributed by atoms with Crippen molar-refractivity contribution in [2.45, 2.75) is 52.1 Å². The fourth-order valence-corrected chi connectivity index (χ4v) is 3.01. The summed E-state index contributed by atoms with van der Waals surface area (Å²) in [4.78, 5) is 14.2. The highest BCUT2D eigenvalue weighted by atomic mass is 35.5. The van der Waals surface area contributed by atoms with Crippen LogP contribution in [0.1, 0.15) is 38.2 Å². The van der Waals surface area contributed by atoms with E-state index in [1.54, 1.807) is 4.90 Å². The third-order valence-corrected chi connectivity index (χ3v) is 4.25. The zero-order chi connectivity index (χ0) is 17.5. The summed E-state index contributed by atoms with van der Waals surface area (Å²) in [7, 11) is 0. The molecule has 9 heteroatoms. The average Bonchev–Trinajstić information content (AvgIpc) is 2.72. The summed E-state index contributed by atoms with van der Waals surface area (Å²) < 4.78 is 45.3. The Labute approximate surface area is 137 Å². The number of halogens is 4. The topological polar surface area (TPSA) is 47.4 Å². The normalized spacial score (nSPS) is 23.9. The molecule has 1 aromatic heterocycles. The molecule has 0 aliphatic carbocycles. The fourth-order valence-electron chi connectivity index (χ4n) is 2.78. The van der Waals surface area contributed by atoms with Gasteiger partial charge < -0.3 is 9.64 Å². The van der Waals surface area contributed by atoms with Crippen molar-refractivity contribution in [2.24, 2.45) is 0 Å². The van der Waals surface area contributed by atoms with Crippen molar-refractivity contribution < 1.29 is 22.7 Å². The van der Waals surface area contributed by atoms with Gasteiger partial charge in [-0.1, -0.05) is 11.6 Å². The summed E-state index contributed by atoms with van der Waals surface area (Å²) >= 11 is 5.73. The van der Waals surface area contributed by atoms with Crippen molar-refractivity contribution in [3.8, 4) is 0 Å². The monoisotopic (exact) mass is 353 g/mol. The summed E-state index contributed by atoms with van der Waals surface area (Å²) in [5, 5.41) is 3.04. The molecule has 2 heterocycles. The number of ether oxygens (including phenoxy) is 1. The summed E-state index contributed by atoms with van der Waals surface area (Å²) in [6.07, 6.45) is -4.90. The average molecular weight is 354 g/mol. The van der Waals surface area contributed by atoms with Crippen LogP contribution in [0.25, 0.3) is 0 Å². The largest absolute Gasteiger partial charge is 0.436 e. The van der Waals surface area contributed by atoms with Crippen LogP contribution >= 0.6 is 11.6 Å². The summed E-state index contributed by atoms with van der Waals surface area (Å²) in [6.45, 7) is 7.42. The van der Waals surface area contributed by atoms with Gasteiger partial charge in [0.2, 0.25) is 5.91 Å². The zero-order valence-electron chi connectivity index (χ0n) is 13.3. The second-order valence-electron chi connectivity index (χ2n) is 5.87. The quantitative estimate of drug-likeness (QED) is 0.821. The smallest absolute Gasteiger partial charge is 0.372 e. The molecule has 0 aromatic carbocycles. The van der Waals surface area contributed by atoms with Crippen LogP contribution in [-0.4, -0.2) is 45.9 Å². The zero-order valence-corrected chi connectivity index (χ0v) is 14.1. The van der Waals surface area contributed by atoms with E-state index in [-0.39, 0.29) is 23.8 Å². The van der Waals surface area contributed by atoms with Gasteiger partial charge in [0.05, 0.1) is 22.9 Å². The first-order valence-corrected chi connectivity index (χ1v) is 7.66. The standard InChI is InChI=1S/C14H19ClF3N3O2/c1-7-5-20(6-8(2)23-7)13(22)10(4)21-9(3)11(15)12(19-21)14(16,17)18/h7-8,10H,5-6H2,1-4H3/t7-,8-,10+/m1/s1. The van der Waals surface area contributed by atoms with Gasteiger partial charge in [0.15, 0.2) is 5.69 Å².